The lowest BCUT2D eigenvalue weighted by Crippen LogP contribution is -2.42. The molecule has 1 N–H and O–H groups in total. The number of furan rings is 1. The molecule has 2 rings (SSSR count). The third-order valence-electron chi connectivity index (χ3n) is 3.44. The van der Waals surface area contributed by atoms with Gasteiger partial charge in [-0.2, -0.15) is 0 Å². The molecule has 0 spiro atoms. The van der Waals surface area contributed by atoms with Gasteiger partial charge in [0, 0.05) is 24.7 Å². The maximum Gasteiger partial charge on any atom is 0.290 e. The number of carbonyl (C=O) groups excluding carboxylic acids is 1. The fraction of sp³-hybridized carbons (Fsp3) is 0.643. The first-order chi connectivity index (χ1) is 8.63. The van der Waals surface area contributed by atoms with Crippen LogP contribution < -0.4 is 5.32 Å². The second kappa shape index (κ2) is 6.96. The molecule has 5 heteroatoms. The Balaban J connectivity index is 0.00000180. The van der Waals surface area contributed by atoms with Crippen molar-refractivity contribution in [2.45, 2.75) is 39.7 Å². The molecule has 1 atom stereocenters. The van der Waals surface area contributed by atoms with Crippen molar-refractivity contribution in [3.05, 3.63) is 23.2 Å². The molecule has 0 aromatic carbocycles. The molecule has 1 amide bonds. The molecule has 2 heterocycles. The fourth-order valence-electron chi connectivity index (χ4n) is 2.58. The summed E-state index contributed by atoms with van der Waals surface area (Å²) in [6.07, 6.45) is 2.01. The Morgan fingerprint density at radius 2 is 2.26 bits per heavy atom. The molecule has 4 nitrogen and oxygen atoms in total. The third kappa shape index (κ3) is 3.51. The van der Waals surface area contributed by atoms with Crippen LogP contribution >= 0.6 is 12.4 Å². The number of amides is 1. The molecule has 0 saturated carbocycles. The predicted molar refractivity (Wildman–Crippen MR) is 78.0 cm³/mol. The summed E-state index contributed by atoms with van der Waals surface area (Å²) in [4.78, 5) is 14.5. The van der Waals surface area contributed by atoms with Crippen molar-refractivity contribution in [1.29, 1.82) is 0 Å². The molecule has 1 fully saturated rings. The van der Waals surface area contributed by atoms with Crippen molar-refractivity contribution in [3.8, 4) is 0 Å². The molecule has 1 aromatic rings. The molecular formula is C14H23ClN2O2. The first-order valence-electron chi connectivity index (χ1n) is 6.72. The maximum absolute atomic E-state index is 12.6. The number of hydrogen-bond acceptors (Lipinski definition) is 3. The molecule has 1 aliphatic rings. The van der Waals surface area contributed by atoms with E-state index in [-0.39, 0.29) is 18.3 Å². The van der Waals surface area contributed by atoms with E-state index in [0.717, 1.165) is 43.8 Å². The molecule has 108 valence electrons. The summed E-state index contributed by atoms with van der Waals surface area (Å²) in [5, 5.41) is 3.31. The van der Waals surface area contributed by atoms with Gasteiger partial charge < -0.3 is 14.6 Å². The van der Waals surface area contributed by atoms with Crippen molar-refractivity contribution in [2.75, 3.05) is 19.6 Å². The second-order valence-electron chi connectivity index (χ2n) is 5.01. The van der Waals surface area contributed by atoms with Gasteiger partial charge >= 0.3 is 0 Å². The Morgan fingerprint density at radius 3 is 2.74 bits per heavy atom. The fourth-order valence-corrected chi connectivity index (χ4v) is 2.58. The number of aryl methyl sites for hydroxylation is 2. The molecule has 0 aliphatic carbocycles. The van der Waals surface area contributed by atoms with Crippen LogP contribution in [-0.4, -0.2) is 36.5 Å². The van der Waals surface area contributed by atoms with Gasteiger partial charge in [-0.05, 0) is 39.3 Å². The maximum atomic E-state index is 12.6. The van der Waals surface area contributed by atoms with Crippen LogP contribution in [0.25, 0.3) is 0 Å². The molecule has 1 unspecified atom stereocenters. The zero-order chi connectivity index (χ0) is 13.1. The van der Waals surface area contributed by atoms with Crippen molar-refractivity contribution in [1.82, 2.24) is 10.2 Å². The number of carbonyl (C=O) groups is 1. The van der Waals surface area contributed by atoms with E-state index in [2.05, 4.69) is 12.2 Å². The number of halogens is 1. The van der Waals surface area contributed by atoms with E-state index in [4.69, 9.17) is 4.42 Å². The van der Waals surface area contributed by atoms with E-state index >= 15 is 0 Å². The van der Waals surface area contributed by atoms with Crippen LogP contribution in [0.3, 0.4) is 0 Å². The van der Waals surface area contributed by atoms with Crippen LogP contribution in [0.2, 0.25) is 0 Å². The van der Waals surface area contributed by atoms with Gasteiger partial charge in [-0.15, -0.1) is 12.4 Å². The average molecular weight is 287 g/mol. The Morgan fingerprint density at radius 1 is 1.53 bits per heavy atom. The van der Waals surface area contributed by atoms with Crippen LogP contribution in [0.1, 0.15) is 41.6 Å². The summed E-state index contributed by atoms with van der Waals surface area (Å²) in [6, 6.07) is 2.23. The first kappa shape index (κ1) is 16.1. The lowest BCUT2D eigenvalue weighted by Gasteiger charge is -2.27. The summed E-state index contributed by atoms with van der Waals surface area (Å²) < 4.78 is 5.55. The smallest absolute Gasteiger partial charge is 0.290 e. The Bertz CT molecular complexity index is 425. The van der Waals surface area contributed by atoms with Gasteiger partial charge in [0.15, 0.2) is 5.76 Å². The lowest BCUT2D eigenvalue weighted by molar-refractivity contribution is 0.0657. The van der Waals surface area contributed by atoms with Crippen molar-refractivity contribution >= 4 is 18.3 Å². The molecule has 0 bridgehead atoms. The van der Waals surface area contributed by atoms with Gasteiger partial charge in [-0.3, -0.25) is 4.79 Å². The van der Waals surface area contributed by atoms with Crippen molar-refractivity contribution < 1.29 is 9.21 Å². The standard InChI is InChI=1S/C14H22N2O2.ClH/c1-4-7-16(12-5-6-15-9-12)14(17)13-10(2)8-11(3)18-13;/h8,12,15H,4-7,9H2,1-3H3;1H. The quantitative estimate of drug-likeness (QED) is 0.925. The first-order valence-corrected chi connectivity index (χ1v) is 6.72. The highest BCUT2D eigenvalue weighted by atomic mass is 35.5. The summed E-state index contributed by atoms with van der Waals surface area (Å²) in [5.41, 5.74) is 0.935. The van der Waals surface area contributed by atoms with Crippen molar-refractivity contribution in [3.63, 3.8) is 0 Å². The van der Waals surface area contributed by atoms with Crippen LogP contribution in [-0.2, 0) is 0 Å². The summed E-state index contributed by atoms with van der Waals surface area (Å²) in [6.45, 7) is 8.60. The molecule has 1 aliphatic heterocycles. The minimum Gasteiger partial charge on any atom is -0.456 e. The van der Waals surface area contributed by atoms with E-state index in [9.17, 15) is 4.79 Å². The Labute approximate surface area is 120 Å². The number of hydrogen-bond donors (Lipinski definition) is 1. The Kier molecular flexibility index (Phi) is 5.88. The van der Waals surface area contributed by atoms with Crippen LogP contribution in [0.5, 0.6) is 0 Å². The van der Waals surface area contributed by atoms with Gasteiger partial charge in [-0.25, -0.2) is 0 Å². The normalized spacial score (nSPS) is 18.2. The van der Waals surface area contributed by atoms with Gasteiger partial charge in [-0.1, -0.05) is 6.92 Å². The monoisotopic (exact) mass is 286 g/mol. The predicted octanol–water partition coefficient (Wildman–Crippen LogP) is 2.53. The molecule has 1 saturated heterocycles. The van der Waals surface area contributed by atoms with Crippen molar-refractivity contribution in [2.24, 2.45) is 0 Å². The topological polar surface area (TPSA) is 45.5 Å². The van der Waals surface area contributed by atoms with E-state index in [1.165, 1.54) is 0 Å². The van der Waals surface area contributed by atoms with Crippen LogP contribution in [0, 0.1) is 13.8 Å². The van der Waals surface area contributed by atoms with E-state index < -0.39 is 0 Å². The number of nitrogens with one attached hydrogen (secondary N) is 1. The van der Waals surface area contributed by atoms with E-state index in [0.29, 0.717) is 11.8 Å². The lowest BCUT2D eigenvalue weighted by atomic mass is 10.1. The summed E-state index contributed by atoms with van der Waals surface area (Å²) >= 11 is 0. The molecule has 0 radical (unpaired) electrons. The zero-order valence-electron chi connectivity index (χ0n) is 11.9. The molecular weight excluding hydrogens is 264 g/mol. The van der Waals surface area contributed by atoms with Crippen LogP contribution in [0.15, 0.2) is 10.5 Å². The van der Waals surface area contributed by atoms with Gasteiger partial charge in [0.25, 0.3) is 5.91 Å². The molecule has 19 heavy (non-hydrogen) atoms. The number of rotatable bonds is 4. The largest absolute Gasteiger partial charge is 0.456 e. The van der Waals surface area contributed by atoms with Gasteiger partial charge in [0.2, 0.25) is 0 Å². The minimum atomic E-state index is 0. The highest BCUT2D eigenvalue weighted by Gasteiger charge is 2.29. The third-order valence-corrected chi connectivity index (χ3v) is 3.44. The highest BCUT2D eigenvalue weighted by Crippen LogP contribution is 2.19. The molecule has 1 aromatic heterocycles. The number of nitrogens with zero attached hydrogens (tertiary/aromatic N) is 1. The van der Waals surface area contributed by atoms with Gasteiger partial charge in [0.05, 0.1) is 0 Å². The zero-order valence-corrected chi connectivity index (χ0v) is 12.7. The summed E-state index contributed by atoms with van der Waals surface area (Å²) in [5.74, 6) is 1.35. The van der Waals surface area contributed by atoms with E-state index in [1.807, 2.05) is 24.8 Å². The Hall–Kier alpha value is -1.00. The SMILES string of the molecule is CCCN(C(=O)c1oc(C)cc1C)C1CCNC1.Cl. The summed E-state index contributed by atoms with van der Waals surface area (Å²) in [7, 11) is 0. The second-order valence-corrected chi connectivity index (χ2v) is 5.01. The van der Waals surface area contributed by atoms with Gasteiger partial charge in [0.1, 0.15) is 5.76 Å². The van der Waals surface area contributed by atoms with E-state index in [1.54, 1.807) is 0 Å². The average Bonchev–Trinajstić information content (AvgIpc) is 2.95. The minimum absolute atomic E-state index is 0. The highest BCUT2D eigenvalue weighted by molar-refractivity contribution is 5.93. The van der Waals surface area contributed by atoms with Crippen LogP contribution in [0.4, 0.5) is 0 Å².